The summed E-state index contributed by atoms with van der Waals surface area (Å²) in [5.74, 6) is 0.320. The number of hydrogen-bond acceptors (Lipinski definition) is 3. The summed E-state index contributed by atoms with van der Waals surface area (Å²) in [6, 6.07) is 7.43. The summed E-state index contributed by atoms with van der Waals surface area (Å²) in [7, 11) is 1.34. The van der Waals surface area contributed by atoms with Gasteiger partial charge in [-0.15, -0.1) is 0 Å². The van der Waals surface area contributed by atoms with E-state index >= 15 is 0 Å². The lowest BCUT2D eigenvalue weighted by molar-refractivity contribution is -0.134. The summed E-state index contributed by atoms with van der Waals surface area (Å²) < 4.78 is 9.94. The Hall–Kier alpha value is -2.03. The predicted molar refractivity (Wildman–Crippen MR) is 63.2 cm³/mol. The van der Waals surface area contributed by atoms with Crippen molar-refractivity contribution in [2.24, 2.45) is 0 Å². The molecule has 0 aromatic heterocycles. The van der Waals surface area contributed by atoms with E-state index in [2.05, 4.69) is 11.3 Å². The fraction of sp³-hybridized carbons (Fsp3) is 0.154. The van der Waals surface area contributed by atoms with Crippen LogP contribution in [0.1, 0.15) is 5.56 Å². The lowest BCUT2D eigenvalue weighted by Crippen LogP contribution is -1.96. The third-order valence-electron chi connectivity index (χ3n) is 1.88. The number of carbonyl (C=O) groups excluding carboxylic acids is 1. The Kier molecular flexibility index (Phi) is 4.86. The second-order valence-electron chi connectivity index (χ2n) is 2.99. The first-order valence-electron chi connectivity index (χ1n) is 4.86. The Bertz CT molecular complexity index is 394. The van der Waals surface area contributed by atoms with E-state index in [1.165, 1.54) is 13.2 Å². The molecule has 0 aliphatic rings. The lowest BCUT2D eigenvalue weighted by Gasteiger charge is -2.06. The van der Waals surface area contributed by atoms with E-state index in [-0.39, 0.29) is 0 Å². The molecule has 3 nitrogen and oxygen atoms in total. The highest BCUT2D eigenvalue weighted by Crippen LogP contribution is 2.19. The van der Waals surface area contributed by atoms with E-state index in [1.54, 1.807) is 12.2 Å². The highest BCUT2D eigenvalue weighted by molar-refractivity contribution is 5.87. The Labute approximate surface area is 95.0 Å². The smallest absolute Gasteiger partial charge is 0.330 e. The van der Waals surface area contributed by atoms with Crippen LogP contribution in [0.5, 0.6) is 5.75 Å². The van der Waals surface area contributed by atoms with Crippen LogP contribution in [0, 0.1) is 0 Å². The Morgan fingerprint density at radius 3 is 2.88 bits per heavy atom. The maximum Gasteiger partial charge on any atom is 0.330 e. The van der Waals surface area contributed by atoms with Crippen LogP contribution in [0.2, 0.25) is 0 Å². The number of carbonyl (C=O) groups is 1. The van der Waals surface area contributed by atoms with E-state index in [0.717, 1.165) is 5.56 Å². The van der Waals surface area contributed by atoms with Crippen LogP contribution in [0.25, 0.3) is 6.08 Å². The molecule has 1 aromatic carbocycles. The van der Waals surface area contributed by atoms with Gasteiger partial charge in [0.2, 0.25) is 0 Å². The average Bonchev–Trinajstić information content (AvgIpc) is 2.34. The number of benzene rings is 1. The van der Waals surface area contributed by atoms with Gasteiger partial charge in [-0.05, 0) is 12.1 Å². The molecule has 16 heavy (non-hydrogen) atoms. The number of hydrogen-bond donors (Lipinski definition) is 0. The van der Waals surface area contributed by atoms with Crippen molar-refractivity contribution in [1.29, 1.82) is 0 Å². The quantitative estimate of drug-likeness (QED) is 0.432. The van der Waals surface area contributed by atoms with Crippen LogP contribution in [0.15, 0.2) is 43.0 Å². The zero-order valence-corrected chi connectivity index (χ0v) is 9.18. The standard InChI is InChI=1S/C13H14O3/c1-3-10-16-12-7-5-4-6-11(12)8-9-13(14)15-2/h3-9H,1,10H2,2H3. The van der Waals surface area contributed by atoms with Gasteiger partial charge in [0.15, 0.2) is 0 Å². The molecule has 1 aromatic rings. The first kappa shape index (κ1) is 12.0. The normalized spacial score (nSPS) is 10.1. The average molecular weight is 218 g/mol. The van der Waals surface area contributed by atoms with Gasteiger partial charge in [-0.3, -0.25) is 0 Å². The van der Waals surface area contributed by atoms with Crippen LogP contribution < -0.4 is 4.74 Å². The second kappa shape index (κ2) is 6.45. The fourth-order valence-corrected chi connectivity index (χ4v) is 1.12. The van der Waals surface area contributed by atoms with E-state index in [0.29, 0.717) is 12.4 Å². The summed E-state index contributed by atoms with van der Waals surface area (Å²) in [6.07, 6.45) is 4.68. The summed E-state index contributed by atoms with van der Waals surface area (Å²) in [6.45, 7) is 4.01. The van der Waals surface area contributed by atoms with Gasteiger partial charge in [0, 0.05) is 11.6 Å². The molecule has 0 unspecified atom stereocenters. The zero-order chi connectivity index (χ0) is 11.8. The number of rotatable bonds is 5. The van der Waals surface area contributed by atoms with Crippen LogP contribution >= 0.6 is 0 Å². The second-order valence-corrected chi connectivity index (χ2v) is 2.99. The van der Waals surface area contributed by atoms with Crippen molar-refractivity contribution in [3.8, 4) is 5.75 Å². The number of methoxy groups -OCH3 is 1. The van der Waals surface area contributed by atoms with Crippen LogP contribution in [-0.4, -0.2) is 19.7 Å². The minimum Gasteiger partial charge on any atom is -0.489 e. The number of para-hydroxylation sites is 1. The van der Waals surface area contributed by atoms with Crippen molar-refractivity contribution >= 4 is 12.0 Å². The molecule has 0 fully saturated rings. The predicted octanol–water partition coefficient (Wildman–Crippen LogP) is 2.44. The van der Waals surface area contributed by atoms with Crippen molar-refractivity contribution in [3.63, 3.8) is 0 Å². The van der Waals surface area contributed by atoms with E-state index < -0.39 is 5.97 Å². The Balaban J connectivity index is 2.81. The van der Waals surface area contributed by atoms with Gasteiger partial charge in [0.05, 0.1) is 7.11 Å². The third-order valence-corrected chi connectivity index (χ3v) is 1.88. The molecule has 0 bridgehead atoms. The molecule has 0 radical (unpaired) electrons. The van der Waals surface area contributed by atoms with Crippen molar-refractivity contribution < 1.29 is 14.3 Å². The summed E-state index contributed by atoms with van der Waals surface area (Å²) in [5, 5.41) is 0. The molecule has 0 saturated carbocycles. The maximum absolute atomic E-state index is 10.9. The zero-order valence-electron chi connectivity index (χ0n) is 9.18. The molecule has 1 rings (SSSR count). The molecular weight excluding hydrogens is 204 g/mol. The molecular formula is C13H14O3. The number of ether oxygens (including phenoxy) is 2. The molecule has 3 heteroatoms. The molecule has 0 aliphatic heterocycles. The van der Waals surface area contributed by atoms with Crippen molar-refractivity contribution in [2.45, 2.75) is 0 Å². The summed E-state index contributed by atoms with van der Waals surface area (Å²) >= 11 is 0. The van der Waals surface area contributed by atoms with E-state index in [9.17, 15) is 4.79 Å². The molecule has 0 amide bonds. The molecule has 0 aliphatic carbocycles. The minimum absolute atomic E-state index is 0.390. The van der Waals surface area contributed by atoms with Crippen molar-refractivity contribution in [1.82, 2.24) is 0 Å². The van der Waals surface area contributed by atoms with Crippen molar-refractivity contribution in [3.05, 3.63) is 48.6 Å². The Morgan fingerprint density at radius 1 is 1.44 bits per heavy atom. The maximum atomic E-state index is 10.9. The van der Waals surface area contributed by atoms with Gasteiger partial charge in [0.25, 0.3) is 0 Å². The monoisotopic (exact) mass is 218 g/mol. The van der Waals surface area contributed by atoms with E-state index in [4.69, 9.17) is 4.74 Å². The molecule has 0 heterocycles. The molecule has 84 valence electrons. The summed E-state index contributed by atoms with van der Waals surface area (Å²) in [4.78, 5) is 10.9. The molecule has 0 spiro atoms. The first-order valence-corrected chi connectivity index (χ1v) is 4.86. The largest absolute Gasteiger partial charge is 0.489 e. The van der Waals surface area contributed by atoms with Gasteiger partial charge < -0.3 is 9.47 Å². The van der Waals surface area contributed by atoms with Crippen LogP contribution in [-0.2, 0) is 9.53 Å². The van der Waals surface area contributed by atoms with E-state index in [1.807, 2.05) is 24.3 Å². The highest BCUT2D eigenvalue weighted by Gasteiger charge is 1.99. The molecule has 0 atom stereocenters. The summed E-state index contributed by atoms with van der Waals surface area (Å²) in [5.41, 5.74) is 0.828. The Morgan fingerprint density at radius 2 is 2.19 bits per heavy atom. The topological polar surface area (TPSA) is 35.5 Å². The molecule has 0 saturated heterocycles. The fourth-order valence-electron chi connectivity index (χ4n) is 1.12. The van der Waals surface area contributed by atoms with Crippen LogP contribution in [0.4, 0.5) is 0 Å². The van der Waals surface area contributed by atoms with Gasteiger partial charge in [-0.25, -0.2) is 4.79 Å². The first-order chi connectivity index (χ1) is 7.77. The lowest BCUT2D eigenvalue weighted by atomic mass is 10.2. The third kappa shape index (κ3) is 3.61. The van der Waals surface area contributed by atoms with Crippen LogP contribution in [0.3, 0.4) is 0 Å². The number of esters is 1. The van der Waals surface area contributed by atoms with Gasteiger partial charge in [0.1, 0.15) is 12.4 Å². The molecule has 0 N–H and O–H groups in total. The van der Waals surface area contributed by atoms with Gasteiger partial charge in [-0.1, -0.05) is 30.9 Å². The van der Waals surface area contributed by atoms with Gasteiger partial charge in [-0.2, -0.15) is 0 Å². The minimum atomic E-state index is -0.390. The SMILES string of the molecule is C=CCOc1ccccc1C=CC(=O)OC. The van der Waals surface area contributed by atoms with Crippen molar-refractivity contribution in [2.75, 3.05) is 13.7 Å². The van der Waals surface area contributed by atoms with Gasteiger partial charge >= 0.3 is 5.97 Å². The highest BCUT2D eigenvalue weighted by atomic mass is 16.5.